The van der Waals surface area contributed by atoms with Gasteiger partial charge in [-0.2, -0.15) is 0 Å². The lowest BCUT2D eigenvalue weighted by Crippen LogP contribution is -2.45. The Morgan fingerprint density at radius 2 is 1.64 bits per heavy atom. The Morgan fingerprint density at radius 1 is 0.893 bits per heavy atom. The molecule has 4 nitrogen and oxygen atoms in total. The zero-order valence-electron chi connectivity index (χ0n) is 14.5. The van der Waals surface area contributed by atoms with Crippen LogP contribution in [0.25, 0.3) is 33.0 Å². The van der Waals surface area contributed by atoms with Gasteiger partial charge in [-0.15, -0.1) is 11.3 Å². The van der Waals surface area contributed by atoms with Crippen molar-refractivity contribution < 1.29 is 14.7 Å². The number of thiophene rings is 1. The molecule has 1 aliphatic heterocycles. The van der Waals surface area contributed by atoms with Crippen LogP contribution in [0.3, 0.4) is 0 Å². The molecule has 5 heteroatoms. The second kappa shape index (κ2) is 5.09. The van der Waals surface area contributed by atoms with Crippen LogP contribution in [0.5, 0.6) is 0 Å². The number of benzene rings is 3. The highest BCUT2D eigenvalue weighted by Gasteiger charge is 2.55. The van der Waals surface area contributed by atoms with E-state index in [0.717, 1.165) is 33.0 Å². The second-order valence-electron chi connectivity index (χ2n) is 7.11. The maximum atomic E-state index is 13.5. The summed E-state index contributed by atoms with van der Waals surface area (Å²) < 4.78 is 0. The Morgan fingerprint density at radius 3 is 2.36 bits per heavy atom. The summed E-state index contributed by atoms with van der Waals surface area (Å²) in [7, 11) is 0. The van der Waals surface area contributed by atoms with Gasteiger partial charge >= 0.3 is 5.97 Å². The van der Waals surface area contributed by atoms with Crippen molar-refractivity contribution in [2.24, 2.45) is 0 Å². The minimum Gasteiger partial charge on any atom is -0.479 e. The maximum Gasteiger partial charge on any atom is 0.343 e. The minimum absolute atomic E-state index is 0.412. The van der Waals surface area contributed by atoms with E-state index in [2.05, 4.69) is 17.4 Å². The summed E-state index contributed by atoms with van der Waals surface area (Å²) in [6.07, 6.45) is 0. The fourth-order valence-electron chi connectivity index (χ4n) is 4.56. The molecule has 28 heavy (non-hydrogen) atoms. The number of rotatable bonds is 2. The number of ketones is 1. The van der Waals surface area contributed by atoms with Crippen molar-refractivity contribution >= 4 is 39.5 Å². The lowest BCUT2D eigenvalue weighted by atomic mass is 9.90. The average molecular weight is 383 g/mol. The molecule has 4 aromatic rings. The van der Waals surface area contributed by atoms with Gasteiger partial charge < -0.3 is 10.4 Å². The minimum atomic E-state index is -1.77. The monoisotopic (exact) mass is 383 g/mol. The highest BCUT2D eigenvalue weighted by Crippen LogP contribution is 2.53. The molecule has 6 rings (SSSR count). The fraction of sp³-hybridized carbons (Fsp3) is 0.0435. The number of Topliss-reactive ketones (excluding diaryl/α,β-unsaturated/α-hetero) is 1. The third-order valence-corrected chi connectivity index (χ3v) is 6.77. The van der Waals surface area contributed by atoms with Crippen LogP contribution in [0, 0.1) is 0 Å². The molecule has 0 saturated heterocycles. The molecule has 0 unspecified atom stereocenters. The normalized spacial score (nSPS) is 18.8. The van der Waals surface area contributed by atoms with E-state index in [4.69, 9.17) is 0 Å². The number of carbonyl (C=O) groups excluding carboxylic acids is 1. The Kier molecular flexibility index (Phi) is 2.83. The molecule has 0 spiro atoms. The molecule has 2 aliphatic rings. The number of aliphatic carboxylic acids is 1. The van der Waals surface area contributed by atoms with Gasteiger partial charge in [0.25, 0.3) is 0 Å². The van der Waals surface area contributed by atoms with Crippen LogP contribution < -0.4 is 5.32 Å². The first-order valence-electron chi connectivity index (χ1n) is 8.93. The van der Waals surface area contributed by atoms with Crippen molar-refractivity contribution in [2.75, 3.05) is 5.32 Å². The predicted molar refractivity (Wildman–Crippen MR) is 110 cm³/mol. The second-order valence-corrected chi connectivity index (χ2v) is 8.05. The number of carboxylic acid groups (broad SMARTS) is 1. The van der Waals surface area contributed by atoms with Gasteiger partial charge in [-0.25, -0.2) is 4.79 Å². The molecule has 2 N–H and O–H groups in total. The molecule has 0 saturated carbocycles. The predicted octanol–water partition coefficient (Wildman–Crippen LogP) is 5.14. The van der Waals surface area contributed by atoms with Gasteiger partial charge in [0.1, 0.15) is 0 Å². The molecule has 1 atom stereocenters. The van der Waals surface area contributed by atoms with Crippen molar-refractivity contribution in [2.45, 2.75) is 5.54 Å². The summed E-state index contributed by atoms with van der Waals surface area (Å²) in [5, 5.41) is 16.9. The third-order valence-electron chi connectivity index (χ3n) is 5.78. The average Bonchev–Trinajstić information content (AvgIpc) is 3.41. The van der Waals surface area contributed by atoms with Gasteiger partial charge in [-0.1, -0.05) is 48.5 Å². The Bertz CT molecular complexity index is 1340. The lowest BCUT2D eigenvalue weighted by molar-refractivity contribution is -0.140. The summed E-state index contributed by atoms with van der Waals surface area (Å²) in [6, 6.07) is 19.4. The summed E-state index contributed by atoms with van der Waals surface area (Å²) in [4.78, 5) is 26.3. The third kappa shape index (κ3) is 1.66. The first-order chi connectivity index (χ1) is 13.6. The molecular formula is C23H13NO3S. The highest BCUT2D eigenvalue weighted by molar-refractivity contribution is 7.10. The molecular weight excluding hydrogens is 370 g/mol. The van der Waals surface area contributed by atoms with E-state index in [9.17, 15) is 14.7 Å². The largest absolute Gasteiger partial charge is 0.479 e. The van der Waals surface area contributed by atoms with Crippen LogP contribution in [-0.4, -0.2) is 16.9 Å². The molecule has 1 aromatic heterocycles. The molecule has 2 heterocycles. The molecule has 3 aromatic carbocycles. The van der Waals surface area contributed by atoms with Crippen molar-refractivity contribution in [3.05, 3.63) is 76.5 Å². The van der Waals surface area contributed by atoms with Crippen LogP contribution in [-0.2, 0) is 10.3 Å². The SMILES string of the molecule is O=C(O)[C@@]1(c2cccs2)Nc2c(cc3c4c(cccc24)-c2ccccc2-3)C1=O. The van der Waals surface area contributed by atoms with E-state index in [0.29, 0.717) is 16.1 Å². The Balaban J connectivity index is 1.70. The number of nitrogens with one attached hydrogen (secondary N) is 1. The molecule has 1 aliphatic carbocycles. The Hall–Kier alpha value is -3.44. The Labute approximate surface area is 164 Å². The number of carboxylic acids is 1. The molecule has 134 valence electrons. The number of hydrogen-bond donors (Lipinski definition) is 2. The van der Waals surface area contributed by atoms with Crippen LogP contribution in [0.2, 0.25) is 0 Å². The first-order valence-corrected chi connectivity index (χ1v) is 9.81. The topological polar surface area (TPSA) is 66.4 Å². The van der Waals surface area contributed by atoms with E-state index in [1.807, 2.05) is 36.4 Å². The van der Waals surface area contributed by atoms with E-state index in [-0.39, 0.29) is 0 Å². The van der Waals surface area contributed by atoms with E-state index >= 15 is 0 Å². The molecule has 0 radical (unpaired) electrons. The molecule has 0 bridgehead atoms. The van der Waals surface area contributed by atoms with Crippen molar-refractivity contribution in [3.8, 4) is 22.3 Å². The number of carbonyl (C=O) groups is 2. The van der Waals surface area contributed by atoms with Crippen LogP contribution >= 0.6 is 11.3 Å². The molecule has 0 amide bonds. The number of fused-ring (bicyclic) bond motifs is 5. The van der Waals surface area contributed by atoms with Gasteiger partial charge in [0.2, 0.25) is 11.3 Å². The van der Waals surface area contributed by atoms with Crippen molar-refractivity contribution in [1.82, 2.24) is 0 Å². The standard InChI is InChI=1S/C23H13NO3S/c25-21-17-11-16-13-6-2-1-5-12(13)14-7-3-8-15(19(14)16)20(17)24-23(21,22(26)27)18-9-4-10-28-18/h1-11,24H,(H,26,27)/t23-/m0/s1. The zero-order valence-corrected chi connectivity index (χ0v) is 15.3. The maximum absolute atomic E-state index is 13.5. The van der Waals surface area contributed by atoms with E-state index < -0.39 is 17.3 Å². The first kappa shape index (κ1) is 15.6. The lowest BCUT2D eigenvalue weighted by Gasteiger charge is -2.22. The van der Waals surface area contributed by atoms with Gasteiger partial charge in [-0.3, -0.25) is 4.79 Å². The summed E-state index contributed by atoms with van der Waals surface area (Å²) in [6.45, 7) is 0. The quantitative estimate of drug-likeness (QED) is 0.414. The van der Waals surface area contributed by atoms with Gasteiger partial charge in [0, 0.05) is 15.8 Å². The summed E-state index contributed by atoms with van der Waals surface area (Å²) in [5.41, 5.74) is 3.60. The number of hydrogen-bond acceptors (Lipinski definition) is 4. The summed E-state index contributed by atoms with van der Waals surface area (Å²) in [5.74, 6) is -1.59. The number of anilines is 1. The highest BCUT2D eigenvalue weighted by atomic mass is 32.1. The van der Waals surface area contributed by atoms with Crippen LogP contribution in [0.1, 0.15) is 15.2 Å². The van der Waals surface area contributed by atoms with Gasteiger partial charge in [-0.05, 0) is 45.2 Å². The van der Waals surface area contributed by atoms with Crippen LogP contribution in [0.4, 0.5) is 5.69 Å². The summed E-state index contributed by atoms with van der Waals surface area (Å²) >= 11 is 1.27. The van der Waals surface area contributed by atoms with E-state index in [1.54, 1.807) is 17.5 Å². The fourth-order valence-corrected chi connectivity index (χ4v) is 5.42. The molecule has 0 fully saturated rings. The van der Waals surface area contributed by atoms with Crippen LogP contribution in [0.15, 0.2) is 66.0 Å². The van der Waals surface area contributed by atoms with Gasteiger partial charge in [0.05, 0.1) is 5.69 Å². The van der Waals surface area contributed by atoms with Crippen molar-refractivity contribution in [3.63, 3.8) is 0 Å². The smallest absolute Gasteiger partial charge is 0.343 e. The van der Waals surface area contributed by atoms with Crippen molar-refractivity contribution in [1.29, 1.82) is 0 Å². The van der Waals surface area contributed by atoms with E-state index in [1.165, 1.54) is 11.3 Å². The van der Waals surface area contributed by atoms with Gasteiger partial charge in [0.15, 0.2) is 0 Å². The zero-order chi connectivity index (χ0) is 19.0.